The van der Waals surface area contributed by atoms with Gasteiger partial charge < -0.3 is 67.9 Å². The smallest absolute Gasteiger partial charge is 0.326 e. The second-order valence-electron chi connectivity index (χ2n) is 21.1. The Bertz CT molecular complexity index is 1950. The van der Waals surface area contributed by atoms with Gasteiger partial charge in [-0.15, -0.1) is 0 Å². The van der Waals surface area contributed by atoms with Gasteiger partial charge in [-0.2, -0.15) is 0 Å². The van der Waals surface area contributed by atoms with Crippen LogP contribution in [-0.2, 0) is 47.9 Å². The summed E-state index contributed by atoms with van der Waals surface area (Å²) in [6.07, 6.45) is 5.55. The average Bonchev–Trinajstić information content (AvgIpc) is 4.18. The highest BCUT2D eigenvalue weighted by Crippen LogP contribution is 2.30. The molecule has 10 atom stereocenters. The standard InChI is InChI=1S/C49H83N11O12/c1-27(2)24-32(41(63)55-34(26-61)42(64)52-30(7)45(67)57-20-10-16-36(57)44(66)56-39(29(5)6)49(71)72)53-43(65)35-15-11-21-58(35)47(69)38-18-13-23-60(38)48(70)37-17-12-22-59(37)46(68)33(25-28(3)4)54-40(62)31(51)14-8-9-19-50/h27-39,61H,8-26,50-51H2,1-7H3,(H,52,64)(H,53,65)(H,54,62)(H,55,63)(H,56,66)(H,71,72)/t30-,31-,32-,33-,34-,35-,36-,37-,38-,39-/m0/s1. The molecule has 406 valence electrons. The summed E-state index contributed by atoms with van der Waals surface area (Å²) in [6, 6.07) is -10.5. The first-order valence-electron chi connectivity index (χ1n) is 26.1. The first-order chi connectivity index (χ1) is 34.0. The summed E-state index contributed by atoms with van der Waals surface area (Å²) in [5, 5.41) is 32.9. The van der Waals surface area contributed by atoms with E-state index in [1.54, 1.807) is 13.8 Å². The molecule has 23 heteroatoms. The SMILES string of the molecule is CC(C)C[C@H](NC(=O)[C@@H]1CCCN1C(=O)[C@@H]1CCCN1C(=O)[C@@H]1CCCN1C(=O)[C@H](CC(C)C)NC(=O)[C@@H](N)CCCCN)C(=O)N[C@@H](CO)C(=O)N[C@@H](C)C(=O)N1CCC[C@H]1C(=O)N[C@H](C(=O)O)C(C)C. The zero-order valence-corrected chi connectivity index (χ0v) is 43.4. The maximum absolute atomic E-state index is 14.4. The molecule has 0 aromatic heterocycles. The van der Waals surface area contributed by atoms with Gasteiger partial charge in [-0.1, -0.05) is 48.0 Å². The number of nitrogens with zero attached hydrogens (tertiary/aromatic N) is 4. The van der Waals surface area contributed by atoms with Crippen molar-refractivity contribution in [3.05, 3.63) is 0 Å². The van der Waals surface area contributed by atoms with Crippen LogP contribution in [0.25, 0.3) is 0 Å². The van der Waals surface area contributed by atoms with E-state index in [0.29, 0.717) is 77.3 Å². The minimum absolute atomic E-state index is 0.0364. The Labute approximate surface area is 423 Å². The molecule has 4 aliphatic heterocycles. The number of hydrogen-bond acceptors (Lipinski definition) is 13. The van der Waals surface area contributed by atoms with Crippen LogP contribution in [0.3, 0.4) is 0 Å². The Morgan fingerprint density at radius 2 is 0.986 bits per heavy atom. The number of carbonyl (C=O) groups excluding carboxylic acids is 9. The van der Waals surface area contributed by atoms with E-state index >= 15 is 0 Å². The van der Waals surface area contributed by atoms with Gasteiger partial charge in [0.1, 0.15) is 54.4 Å². The fourth-order valence-electron chi connectivity index (χ4n) is 10.2. The highest BCUT2D eigenvalue weighted by atomic mass is 16.4. The van der Waals surface area contributed by atoms with Crippen LogP contribution in [-0.4, -0.2) is 189 Å². The Kier molecular flexibility index (Phi) is 22.7. The summed E-state index contributed by atoms with van der Waals surface area (Å²) >= 11 is 0. The van der Waals surface area contributed by atoms with Gasteiger partial charge >= 0.3 is 5.97 Å². The van der Waals surface area contributed by atoms with Crippen LogP contribution in [0.5, 0.6) is 0 Å². The zero-order chi connectivity index (χ0) is 53.6. The van der Waals surface area contributed by atoms with Crippen LogP contribution in [0.2, 0.25) is 0 Å². The van der Waals surface area contributed by atoms with E-state index in [2.05, 4.69) is 26.6 Å². The lowest BCUT2D eigenvalue weighted by Gasteiger charge is -2.35. The normalized spacial score (nSPS) is 22.6. The van der Waals surface area contributed by atoms with Crippen LogP contribution in [0.15, 0.2) is 0 Å². The third-order valence-electron chi connectivity index (χ3n) is 14.1. The van der Waals surface area contributed by atoms with Gasteiger partial charge in [0.2, 0.25) is 53.2 Å². The Morgan fingerprint density at radius 1 is 0.542 bits per heavy atom. The van der Waals surface area contributed by atoms with Gasteiger partial charge in [-0.05, 0) is 108 Å². The number of nitrogens with two attached hydrogens (primary N) is 2. The van der Waals surface area contributed by atoms with Gasteiger partial charge in [-0.3, -0.25) is 43.2 Å². The van der Waals surface area contributed by atoms with E-state index in [1.165, 1.54) is 26.5 Å². The fraction of sp³-hybridized carbons (Fsp3) is 0.796. The summed E-state index contributed by atoms with van der Waals surface area (Å²) in [6.45, 7) is 12.8. The van der Waals surface area contributed by atoms with E-state index < -0.39 is 120 Å². The first kappa shape index (κ1) is 59.1. The Hall–Kier alpha value is -5.42. The second kappa shape index (κ2) is 27.6. The molecular weight excluding hydrogens is 935 g/mol. The summed E-state index contributed by atoms with van der Waals surface area (Å²) < 4.78 is 0. The van der Waals surface area contributed by atoms with E-state index in [4.69, 9.17) is 11.5 Å². The molecule has 4 aliphatic rings. The van der Waals surface area contributed by atoms with E-state index in [1.807, 2.05) is 27.7 Å². The monoisotopic (exact) mass is 1020 g/mol. The molecule has 4 heterocycles. The molecule has 23 nitrogen and oxygen atoms in total. The lowest BCUT2D eigenvalue weighted by atomic mass is 10.0. The number of rotatable bonds is 25. The third-order valence-corrected chi connectivity index (χ3v) is 14.1. The predicted octanol–water partition coefficient (Wildman–Crippen LogP) is -1.32. The molecule has 0 bridgehead atoms. The van der Waals surface area contributed by atoms with E-state index in [-0.39, 0.29) is 62.5 Å². The number of carboxylic acid groups (broad SMARTS) is 1. The number of nitrogens with one attached hydrogen (secondary N) is 5. The molecule has 0 aliphatic carbocycles. The number of hydrogen-bond donors (Lipinski definition) is 9. The van der Waals surface area contributed by atoms with Gasteiger partial charge in [0.05, 0.1) is 12.6 Å². The molecule has 0 radical (unpaired) electrons. The molecule has 0 unspecified atom stereocenters. The molecule has 4 fully saturated rings. The van der Waals surface area contributed by atoms with Crippen LogP contribution in [0.4, 0.5) is 0 Å². The lowest BCUT2D eigenvalue weighted by molar-refractivity contribution is -0.151. The molecule has 0 aromatic carbocycles. The number of aliphatic carboxylic acids is 1. The molecule has 4 saturated heterocycles. The van der Waals surface area contributed by atoms with E-state index in [0.717, 1.165) is 0 Å². The number of carboxylic acids is 1. The summed E-state index contributed by atoms with van der Waals surface area (Å²) in [5.41, 5.74) is 11.8. The van der Waals surface area contributed by atoms with Crippen LogP contribution in [0.1, 0.15) is 132 Å². The summed E-state index contributed by atoms with van der Waals surface area (Å²) in [5.74, 6) is -6.92. The van der Waals surface area contributed by atoms with Crippen molar-refractivity contribution in [2.24, 2.45) is 29.2 Å². The molecule has 72 heavy (non-hydrogen) atoms. The van der Waals surface area contributed by atoms with Crippen molar-refractivity contribution in [1.82, 2.24) is 46.2 Å². The summed E-state index contributed by atoms with van der Waals surface area (Å²) in [7, 11) is 0. The summed E-state index contributed by atoms with van der Waals surface area (Å²) in [4.78, 5) is 141. The highest BCUT2D eigenvalue weighted by Gasteiger charge is 2.47. The molecule has 11 N–H and O–H groups in total. The molecule has 4 rings (SSSR count). The Balaban J connectivity index is 1.39. The quantitative estimate of drug-likeness (QED) is 0.0479. The maximum Gasteiger partial charge on any atom is 0.326 e. The Morgan fingerprint density at radius 3 is 1.50 bits per heavy atom. The van der Waals surface area contributed by atoms with Crippen molar-refractivity contribution in [1.29, 1.82) is 0 Å². The van der Waals surface area contributed by atoms with Crippen molar-refractivity contribution in [3.8, 4) is 0 Å². The topological polar surface area (TPSA) is 336 Å². The van der Waals surface area contributed by atoms with E-state index in [9.17, 15) is 58.2 Å². The highest BCUT2D eigenvalue weighted by molar-refractivity contribution is 5.99. The zero-order valence-electron chi connectivity index (χ0n) is 43.4. The van der Waals surface area contributed by atoms with Crippen molar-refractivity contribution in [2.45, 2.75) is 192 Å². The van der Waals surface area contributed by atoms with Crippen LogP contribution in [0, 0.1) is 17.8 Å². The largest absolute Gasteiger partial charge is 0.480 e. The van der Waals surface area contributed by atoms with Crippen LogP contribution >= 0.6 is 0 Å². The predicted molar refractivity (Wildman–Crippen MR) is 264 cm³/mol. The maximum atomic E-state index is 14.4. The number of aliphatic hydroxyl groups is 1. The molecule has 0 spiro atoms. The minimum atomic E-state index is -1.55. The molecule has 9 amide bonds. The minimum Gasteiger partial charge on any atom is -0.480 e. The van der Waals surface area contributed by atoms with Gasteiger partial charge in [0, 0.05) is 26.2 Å². The van der Waals surface area contributed by atoms with Crippen LogP contribution < -0.4 is 38.1 Å². The van der Waals surface area contributed by atoms with Gasteiger partial charge in [0.25, 0.3) is 0 Å². The number of unbranched alkanes of at least 4 members (excludes halogenated alkanes) is 1. The second-order valence-corrected chi connectivity index (χ2v) is 21.1. The number of amides is 9. The fourth-order valence-corrected chi connectivity index (χ4v) is 10.2. The van der Waals surface area contributed by atoms with Crippen molar-refractivity contribution >= 4 is 59.1 Å². The van der Waals surface area contributed by atoms with Gasteiger partial charge in [0.15, 0.2) is 0 Å². The number of carbonyl (C=O) groups is 10. The number of likely N-dealkylation sites (tertiary alicyclic amines) is 4. The average molecular weight is 1020 g/mol. The first-order valence-corrected chi connectivity index (χ1v) is 26.1. The van der Waals surface area contributed by atoms with Crippen molar-refractivity contribution in [2.75, 3.05) is 39.3 Å². The van der Waals surface area contributed by atoms with Crippen molar-refractivity contribution in [3.63, 3.8) is 0 Å². The third kappa shape index (κ3) is 15.5. The lowest BCUT2D eigenvalue weighted by Crippen LogP contribution is -2.60. The van der Waals surface area contributed by atoms with Gasteiger partial charge in [-0.25, -0.2) is 4.79 Å². The molecule has 0 saturated carbocycles. The molecular formula is C49H83N11O12. The van der Waals surface area contributed by atoms with Crippen molar-refractivity contribution < 1.29 is 58.2 Å². The number of aliphatic hydroxyl groups excluding tert-OH is 1. The molecule has 0 aromatic rings.